The van der Waals surface area contributed by atoms with E-state index in [1.165, 1.54) is 6.92 Å². The van der Waals surface area contributed by atoms with Crippen LogP contribution in [0.5, 0.6) is 0 Å². The third-order valence-electron chi connectivity index (χ3n) is 4.68. The van der Waals surface area contributed by atoms with Gasteiger partial charge >= 0.3 is 22.6 Å². The number of hydrogen-bond acceptors (Lipinski definition) is 3. The van der Waals surface area contributed by atoms with Gasteiger partial charge in [-0.2, -0.15) is 0 Å². The first kappa shape index (κ1) is 56.3. The first-order valence-corrected chi connectivity index (χ1v) is 15.7. The van der Waals surface area contributed by atoms with Gasteiger partial charge in [0.1, 0.15) is 6.29 Å². The van der Waals surface area contributed by atoms with Crippen molar-refractivity contribution in [3.05, 3.63) is 135 Å². The van der Waals surface area contributed by atoms with Crippen molar-refractivity contribution in [1.82, 2.24) is 10.6 Å². The van der Waals surface area contributed by atoms with E-state index in [2.05, 4.69) is 75.9 Å². The summed E-state index contributed by atoms with van der Waals surface area (Å²) < 4.78 is 15.0. The van der Waals surface area contributed by atoms with Gasteiger partial charge < -0.3 is 15.4 Å². The molecule has 0 spiro atoms. The minimum absolute atomic E-state index is 0. The molecular weight excluding hydrogens is 644 g/mol. The molecule has 0 atom stereocenters. The molecule has 2 N–H and O–H groups in total. The van der Waals surface area contributed by atoms with Gasteiger partial charge in [-0.3, -0.25) is 9.59 Å². The minimum Gasteiger partial charge on any atom is 0 e. The maximum atomic E-state index is 11.4. The minimum atomic E-state index is -0.0302. The largest absolute Gasteiger partial charge is 0 e. The molecule has 0 aliphatic rings. The van der Waals surface area contributed by atoms with Crippen molar-refractivity contribution in [3.63, 3.8) is 0 Å². The first-order chi connectivity index (χ1) is 22.7. The number of carbonyl (C=O) groups excluding carboxylic acids is 3. The van der Waals surface area contributed by atoms with E-state index in [0.717, 1.165) is 45.1 Å². The Morgan fingerprint density at radius 3 is 1.02 bits per heavy atom. The van der Waals surface area contributed by atoms with Crippen LogP contribution in [0, 0.1) is 25.1 Å². The standard InChI is InChI=1S/2C18H27NO.C2H4O.2CO.Fe/c2*1-4-5-6-7-8-9-10-11-12-13-14-15-18(20)19-16-17(2)3;1-2-3;2*1-2;/h2*4-9,12-15,17H,10-11,16H2,1-3H3,(H,19,20);2H,1H3;;;/b2*5-4+,7-6+,9-8-,13-12-,15-14+;;;;. The summed E-state index contributed by atoms with van der Waals surface area (Å²) in [6.45, 7) is 24.2. The Morgan fingerprint density at radius 2 is 0.771 bits per heavy atom. The van der Waals surface area contributed by atoms with Crippen LogP contribution in [-0.4, -0.2) is 31.2 Å². The van der Waals surface area contributed by atoms with Gasteiger partial charge in [0.05, 0.1) is 0 Å². The molecule has 2 amide bonds. The van der Waals surface area contributed by atoms with Gasteiger partial charge in [0, 0.05) is 42.3 Å². The summed E-state index contributed by atoms with van der Waals surface area (Å²) in [6.07, 6.45) is 43.7. The van der Waals surface area contributed by atoms with Gasteiger partial charge in [-0.05, 0) is 58.3 Å². The van der Waals surface area contributed by atoms with E-state index >= 15 is 0 Å². The van der Waals surface area contributed by atoms with Gasteiger partial charge in [0.2, 0.25) is 11.8 Å². The number of allylic oxidation sites excluding steroid dienone is 18. The van der Waals surface area contributed by atoms with Crippen LogP contribution in [0.1, 0.15) is 74.1 Å². The van der Waals surface area contributed by atoms with Crippen molar-refractivity contribution in [2.45, 2.75) is 74.1 Å². The monoisotopic (exact) mass is 702 g/mol. The van der Waals surface area contributed by atoms with Crippen molar-refractivity contribution in [1.29, 1.82) is 0 Å². The van der Waals surface area contributed by atoms with Crippen LogP contribution in [0.4, 0.5) is 0 Å². The molecule has 0 unspecified atom stereocenters. The maximum absolute atomic E-state index is 11.4. The summed E-state index contributed by atoms with van der Waals surface area (Å²) in [5.74, 6) is 0.905. The molecule has 0 radical (unpaired) electrons. The molecule has 7 nitrogen and oxygen atoms in total. The molecular formula is C40H58FeN2O5. The second-order valence-electron chi connectivity index (χ2n) is 9.92. The van der Waals surface area contributed by atoms with Gasteiger partial charge in [-0.15, -0.1) is 0 Å². The number of nitrogens with one attached hydrogen (secondary N) is 2. The fourth-order valence-corrected chi connectivity index (χ4v) is 2.58. The average molecular weight is 703 g/mol. The van der Waals surface area contributed by atoms with Crippen LogP contribution >= 0.6 is 0 Å². The van der Waals surface area contributed by atoms with E-state index in [9.17, 15) is 9.59 Å². The normalized spacial score (nSPS) is 11.2. The van der Waals surface area contributed by atoms with Crippen LogP contribution < -0.4 is 10.6 Å². The molecule has 0 aromatic heterocycles. The summed E-state index contributed by atoms with van der Waals surface area (Å²) in [5, 5.41) is 5.67. The number of aldehydes is 1. The summed E-state index contributed by atoms with van der Waals surface area (Å²) in [5.41, 5.74) is 0. The Labute approximate surface area is 302 Å². The van der Waals surface area contributed by atoms with Crippen molar-refractivity contribution in [3.8, 4) is 0 Å². The summed E-state index contributed by atoms with van der Waals surface area (Å²) in [4.78, 5) is 31.5. The zero-order chi connectivity index (χ0) is 36.8. The zero-order valence-corrected chi connectivity index (χ0v) is 31.0. The Balaban J connectivity index is -0.000000152. The van der Waals surface area contributed by atoms with Crippen molar-refractivity contribution in [2.24, 2.45) is 11.8 Å². The molecule has 0 aromatic carbocycles. The van der Waals surface area contributed by atoms with Crippen LogP contribution in [0.15, 0.2) is 122 Å². The Morgan fingerprint density at radius 1 is 0.521 bits per heavy atom. The second-order valence-corrected chi connectivity index (χ2v) is 9.92. The van der Waals surface area contributed by atoms with Crippen molar-refractivity contribution < 1.29 is 40.8 Å². The van der Waals surface area contributed by atoms with E-state index in [0.29, 0.717) is 11.8 Å². The van der Waals surface area contributed by atoms with Crippen LogP contribution in [-0.2, 0) is 40.8 Å². The third kappa shape index (κ3) is 69.0. The summed E-state index contributed by atoms with van der Waals surface area (Å²) in [7, 11) is 0. The van der Waals surface area contributed by atoms with Gasteiger partial charge in [0.25, 0.3) is 0 Å². The predicted octanol–water partition coefficient (Wildman–Crippen LogP) is 8.81. The molecule has 0 saturated heterocycles. The topological polar surface area (TPSA) is 115 Å². The van der Waals surface area contributed by atoms with Gasteiger partial charge in [0.15, 0.2) is 0 Å². The first-order valence-electron chi connectivity index (χ1n) is 15.7. The zero-order valence-electron chi connectivity index (χ0n) is 29.9. The summed E-state index contributed by atoms with van der Waals surface area (Å²) in [6, 6.07) is 0. The Hall–Kier alpha value is -3.99. The second kappa shape index (κ2) is 55.4. The molecule has 0 aromatic rings. The van der Waals surface area contributed by atoms with E-state index in [1.54, 1.807) is 24.3 Å². The maximum Gasteiger partial charge on any atom is 0 e. The van der Waals surface area contributed by atoms with Crippen molar-refractivity contribution >= 4 is 18.1 Å². The molecule has 0 rings (SSSR count). The fraction of sp³-hybridized carbons (Fsp3) is 0.375. The van der Waals surface area contributed by atoms with Crippen LogP contribution in [0.3, 0.4) is 0 Å². The number of unbranched alkanes of at least 4 members (excludes halogenated alkanes) is 2. The Kier molecular flexibility index (Phi) is 65.1. The molecule has 0 heterocycles. The van der Waals surface area contributed by atoms with E-state index < -0.39 is 0 Å². The van der Waals surface area contributed by atoms with Gasteiger partial charge in [-0.1, -0.05) is 137 Å². The SMILES string of the molecule is C/C=C/C=C/C=C\CC/C=C\C=C\C(=O)NCC(C)C.C/C=C/C=C/C=C\CC/C=C\C=C\C(=O)NCC(C)C.CC=O.[C-]#[O+].[C-]#[O+].[Fe]. The van der Waals surface area contributed by atoms with Gasteiger partial charge in [-0.25, -0.2) is 0 Å². The van der Waals surface area contributed by atoms with Crippen LogP contribution in [0.2, 0.25) is 0 Å². The van der Waals surface area contributed by atoms with E-state index in [4.69, 9.17) is 14.1 Å². The molecule has 266 valence electrons. The fourth-order valence-electron chi connectivity index (χ4n) is 2.58. The number of amides is 2. The molecule has 8 heteroatoms. The number of hydrogen-bond donors (Lipinski definition) is 2. The van der Waals surface area contributed by atoms with E-state index in [1.807, 2.05) is 86.8 Å². The van der Waals surface area contributed by atoms with Crippen molar-refractivity contribution in [2.75, 3.05) is 13.1 Å². The third-order valence-corrected chi connectivity index (χ3v) is 4.68. The molecule has 0 bridgehead atoms. The molecule has 0 aliphatic heterocycles. The average Bonchev–Trinajstić information content (AvgIpc) is 3.06. The smallest absolute Gasteiger partial charge is 0 e. The quantitative estimate of drug-likeness (QED) is 0.0283. The molecule has 0 aliphatic carbocycles. The Bertz CT molecular complexity index is 986. The summed E-state index contributed by atoms with van der Waals surface area (Å²) >= 11 is 0. The predicted molar refractivity (Wildman–Crippen MR) is 197 cm³/mol. The van der Waals surface area contributed by atoms with Crippen LogP contribution in [0.25, 0.3) is 0 Å². The number of rotatable bonds is 18. The van der Waals surface area contributed by atoms with E-state index in [-0.39, 0.29) is 28.9 Å². The molecule has 0 fully saturated rings. The molecule has 48 heavy (non-hydrogen) atoms. The molecule has 0 saturated carbocycles. The number of carbonyl (C=O) groups is 3.